The highest BCUT2D eigenvalue weighted by atomic mass is 15.2. The lowest BCUT2D eigenvalue weighted by molar-refractivity contribution is 0.964. The highest BCUT2D eigenvalue weighted by Gasteiger charge is 1.95. The van der Waals surface area contributed by atoms with Crippen molar-refractivity contribution in [3.63, 3.8) is 0 Å². The summed E-state index contributed by atoms with van der Waals surface area (Å²) in [7, 11) is 0. The van der Waals surface area contributed by atoms with Crippen molar-refractivity contribution in [2.24, 2.45) is 0 Å². The Morgan fingerprint density at radius 2 is 2.27 bits per heavy atom. The zero-order valence-electron chi connectivity index (χ0n) is 6.28. The fourth-order valence-electron chi connectivity index (χ4n) is 1.13. The number of nitrogen functional groups attached to an aromatic ring is 1. The first-order valence-electron chi connectivity index (χ1n) is 3.47. The molecule has 2 rings (SSSR count). The SMILES string of the molecule is Cc1ccn2nc(N)cc2c1. The van der Waals surface area contributed by atoms with Gasteiger partial charge in [-0.25, -0.2) is 4.52 Å². The Bertz CT molecular complexity index is 389. The molecule has 0 radical (unpaired) electrons. The van der Waals surface area contributed by atoms with E-state index in [1.54, 1.807) is 4.52 Å². The van der Waals surface area contributed by atoms with Gasteiger partial charge in [0.15, 0.2) is 0 Å². The van der Waals surface area contributed by atoms with Crippen LogP contribution in [0.5, 0.6) is 0 Å². The molecule has 3 heteroatoms. The van der Waals surface area contributed by atoms with Gasteiger partial charge in [-0.15, -0.1) is 0 Å². The number of aryl methyl sites for hydroxylation is 1. The maximum absolute atomic E-state index is 5.51. The van der Waals surface area contributed by atoms with Crippen LogP contribution in [0.3, 0.4) is 0 Å². The summed E-state index contributed by atoms with van der Waals surface area (Å²) in [6.45, 7) is 2.04. The summed E-state index contributed by atoms with van der Waals surface area (Å²) in [6.07, 6.45) is 1.90. The minimum absolute atomic E-state index is 0.565. The molecule has 2 heterocycles. The largest absolute Gasteiger partial charge is 0.382 e. The standard InChI is InChI=1S/C8H9N3/c1-6-2-3-11-7(4-6)5-8(9)10-11/h2-5H,1H3,(H2,9,10). The molecule has 0 amide bonds. The highest BCUT2D eigenvalue weighted by Crippen LogP contribution is 2.08. The van der Waals surface area contributed by atoms with Crippen LogP contribution in [0.4, 0.5) is 5.82 Å². The molecule has 2 aromatic rings. The van der Waals surface area contributed by atoms with Gasteiger partial charge in [0.2, 0.25) is 0 Å². The van der Waals surface area contributed by atoms with Crippen LogP contribution in [0.15, 0.2) is 24.4 Å². The Morgan fingerprint density at radius 1 is 1.45 bits per heavy atom. The number of aromatic nitrogens is 2. The van der Waals surface area contributed by atoms with Gasteiger partial charge in [0, 0.05) is 12.3 Å². The molecule has 2 N–H and O–H groups in total. The van der Waals surface area contributed by atoms with Crippen LogP contribution in [-0.4, -0.2) is 9.61 Å². The summed E-state index contributed by atoms with van der Waals surface area (Å²) in [6, 6.07) is 5.90. The Hall–Kier alpha value is -1.51. The summed E-state index contributed by atoms with van der Waals surface area (Å²) < 4.78 is 1.77. The average molecular weight is 147 g/mol. The van der Waals surface area contributed by atoms with Crippen molar-refractivity contribution >= 4 is 11.3 Å². The van der Waals surface area contributed by atoms with Crippen LogP contribution in [0, 0.1) is 6.92 Å². The quantitative estimate of drug-likeness (QED) is 0.609. The van der Waals surface area contributed by atoms with E-state index in [4.69, 9.17) is 5.73 Å². The molecular formula is C8H9N3. The van der Waals surface area contributed by atoms with Gasteiger partial charge in [0.1, 0.15) is 5.82 Å². The number of anilines is 1. The van der Waals surface area contributed by atoms with Crippen LogP contribution >= 0.6 is 0 Å². The number of nitrogens with two attached hydrogens (primary N) is 1. The van der Waals surface area contributed by atoms with Gasteiger partial charge < -0.3 is 5.73 Å². The maximum atomic E-state index is 5.51. The van der Waals surface area contributed by atoms with Gasteiger partial charge in [-0.05, 0) is 24.6 Å². The van der Waals surface area contributed by atoms with Crippen LogP contribution < -0.4 is 5.73 Å². The second-order valence-electron chi connectivity index (χ2n) is 2.64. The first-order valence-corrected chi connectivity index (χ1v) is 3.47. The lowest BCUT2D eigenvalue weighted by atomic mass is 10.3. The summed E-state index contributed by atoms with van der Waals surface area (Å²) in [5.74, 6) is 0.565. The second-order valence-corrected chi connectivity index (χ2v) is 2.64. The molecule has 0 aromatic carbocycles. The first kappa shape index (κ1) is 6.22. The molecule has 0 spiro atoms. The van der Waals surface area contributed by atoms with E-state index in [1.807, 2.05) is 31.3 Å². The molecule has 3 nitrogen and oxygen atoms in total. The van der Waals surface area contributed by atoms with E-state index in [0.29, 0.717) is 5.82 Å². The zero-order chi connectivity index (χ0) is 7.84. The van der Waals surface area contributed by atoms with Crippen molar-refractivity contribution in [3.8, 4) is 0 Å². The molecule has 11 heavy (non-hydrogen) atoms. The van der Waals surface area contributed by atoms with Gasteiger partial charge in [0.25, 0.3) is 0 Å². The minimum atomic E-state index is 0.565. The summed E-state index contributed by atoms with van der Waals surface area (Å²) >= 11 is 0. The van der Waals surface area contributed by atoms with E-state index < -0.39 is 0 Å². The third-order valence-corrected chi connectivity index (χ3v) is 1.64. The molecule has 0 bridgehead atoms. The topological polar surface area (TPSA) is 43.3 Å². The molecule has 0 aliphatic rings. The maximum Gasteiger partial charge on any atom is 0.146 e. The van der Waals surface area contributed by atoms with Crippen molar-refractivity contribution in [2.75, 3.05) is 5.73 Å². The molecule has 0 unspecified atom stereocenters. The number of hydrogen-bond acceptors (Lipinski definition) is 2. The average Bonchev–Trinajstić information content (AvgIpc) is 2.27. The van der Waals surface area contributed by atoms with Crippen molar-refractivity contribution in [1.29, 1.82) is 0 Å². The first-order chi connectivity index (χ1) is 5.25. The fraction of sp³-hybridized carbons (Fsp3) is 0.125. The van der Waals surface area contributed by atoms with E-state index in [2.05, 4.69) is 5.10 Å². The van der Waals surface area contributed by atoms with Gasteiger partial charge in [-0.3, -0.25) is 0 Å². The molecule has 0 atom stereocenters. The predicted molar refractivity (Wildman–Crippen MR) is 44.3 cm³/mol. The van der Waals surface area contributed by atoms with Crippen LogP contribution in [-0.2, 0) is 0 Å². The van der Waals surface area contributed by atoms with E-state index in [0.717, 1.165) is 5.52 Å². The van der Waals surface area contributed by atoms with Crippen LogP contribution in [0.25, 0.3) is 5.52 Å². The summed E-state index contributed by atoms with van der Waals surface area (Å²) in [5, 5.41) is 4.05. The molecule has 56 valence electrons. The van der Waals surface area contributed by atoms with E-state index >= 15 is 0 Å². The number of fused-ring (bicyclic) bond motifs is 1. The molecule has 0 aliphatic heterocycles. The summed E-state index contributed by atoms with van der Waals surface area (Å²) in [5.41, 5.74) is 7.77. The van der Waals surface area contributed by atoms with E-state index in [1.165, 1.54) is 5.56 Å². The molecule has 0 aliphatic carbocycles. The molecule has 2 aromatic heterocycles. The Labute approximate surface area is 64.4 Å². The van der Waals surface area contributed by atoms with Gasteiger partial charge >= 0.3 is 0 Å². The zero-order valence-corrected chi connectivity index (χ0v) is 6.28. The minimum Gasteiger partial charge on any atom is -0.382 e. The molecule has 0 saturated heterocycles. The number of nitrogens with zero attached hydrogens (tertiary/aromatic N) is 2. The Kier molecular flexibility index (Phi) is 1.12. The molecule has 0 fully saturated rings. The van der Waals surface area contributed by atoms with Crippen molar-refractivity contribution in [2.45, 2.75) is 6.92 Å². The fourth-order valence-corrected chi connectivity index (χ4v) is 1.13. The van der Waals surface area contributed by atoms with Crippen molar-refractivity contribution in [1.82, 2.24) is 9.61 Å². The van der Waals surface area contributed by atoms with Crippen molar-refractivity contribution in [3.05, 3.63) is 30.0 Å². The lowest BCUT2D eigenvalue weighted by Crippen LogP contribution is -1.88. The molecule has 0 saturated carbocycles. The van der Waals surface area contributed by atoms with Crippen LogP contribution in [0.2, 0.25) is 0 Å². The van der Waals surface area contributed by atoms with Gasteiger partial charge in [0.05, 0.1) is 5.52 Å². The van der Waals surface area contributed by atoms with Gasteiger partial charge in [-0.1, -0.05) is 0 Å². The smallest absolute Gasteiger partial charge is 0.146 e. The predicted octanol–water partition coefficient (Wildman–Crippen LogP) is 1.22. The lowest BCUT2D eigenvalue weighted by Gasteiger charge is -1.92. The Morgan fingerprint density at radius 3 is 3.09 bits per heavy atom. The van der Waals surface area contributed by atoms with E-state index in [9.17, 15) is 0 Å². The highest BCUT2D eigenvalue weighted by molar-refractivity contribution is 5.54. The Balaban J connectivity index is 2.82. The number of hydrogen-bond donors (Lipinski definition) is 1. The molecular weight excluding hydrogens is 138 g/mol. The summed E-state index contributed by atoms with van der Waals surface area (Å²) in [4.78, 5) is 0. The van der Waals surface area contributed by atoms with Crippen LogP contribution in [0.1, 0.15) is 5.56 Å². The van der Waals surface area contributed by atoms with Crippen molar-refractivity contribution < 1.29 is 0 Å². The third-order valence-electron chi connectivity index (χ3n) is 1.64. The van der Waals surface area contributed by atoms with E-state index in [-0.39, 0.29) is 0 Å². The second kappa shape index (κ2) is 1.99. The number of pyridine rings is 1. The van der Waals surface area contributed by atoms with Gasteiger partial charge in [-0.2, -0.15) is 5.10 Å². The normalized spacial score (nSPS) is 10.6. The number of rotatable bonds is 0. The monoisotopic (exact) mass is 147 g/mol. The third kappa shape index (κ3) is 0.941.